The molecular weight excluding hydrogens is 390 g/mol. The second-order valence-corrected chi connectivity index (χ2v) is 8.00. The number of fused-ring (bicyclic) bond motifs is 1. The van der Waals surface area contributed by atoms with Crippen LogP contribution in [0.3, 0.4) is 0 Å². The number of benzene rings is 2. The Kier molecular flexibility index (Phi) is 6.49. The number of ether oxygens (including phenoxy) is 1. The number of aliphatic hydroxyl groups is 1. The van der Waals surface area contributed by atoms with E-state index in [4.69, 9.17) is 14.4 Å². The van der Waals surface area contributed by atoms with Crippen molar-refractivity contribution in [2.45, 2.75) is 38.2 Å². The summed E-state index contributed by atoms with van der Waals surface area (Å²) in [6.45, 7) is 0.607. The molecule has 0 bridgehead atoms. The van der Waals surface area contributed by atoms with E-state index >= 15 is 0 Å². The van der Waals surface area contributed by atoms with E-state index in [1.165, 1.54) is 44.4 Å². The maximum Gasteiger partial charge on any atom is 0.203 e. The summed E-state index contributed by atoms with van der Waals surface area (Å²) >= 11 is 0. The zero-order valence-corrected chi connectivity index (χ0v) is 17.3. The van der Waals surface area contributed by atoms with Gasteiger partial charge in [0.1, 0.15) is 23.0 Å². The molecule has 3 aromatic rings. The lowest BCUT2D eigenvalue weighted by atomic mass is 9.90. The first-order chi connectivity index (χ1) is 15.2. The van der Waals surface area contributed by atoms with Gasteiger partial charge in [-0.3, -0.25) is 4.79 Å². The number of nitriles is 1. The Bertz CT molecular complexity index is 1160. The van der Waals surface area contributed by atoms with Gasteiger partial charge in [-0.15, -0.1) is 0 Å². The van der Waals surface area contributed by atoms with Gasteiger partial charge in [0.05, 0.1) is 29.9 Å². The number of nitrogens with zero attached hydrogens (tertiary/aromatic N) is 1. The van der Waals surface area contributed by atoms with E-state index in [0.29, 0.717) is 45.9 Å². The molecule has 1 atom stereocenters. The third-order valence-electron chi connectivity index (χ3n) is 5.83. The average molecular weight is 415 g/mol. The summed E-state index contributed by atoms with van der Waals surface area (Å²) in [6.07, 6.45) is 9.69. The van der Waals surface area contributed by atoms with Crippen molar-refractivity contribution in [3.05, 3.63) is 81.7 Å². The first-order valence-electron chi connectivity index (χ1n) is 10.7. The molecule has 0 radical (unpaired) electrons. The van der Waals surface area contributed by atoms with Crippen LogP contribution in [0.2, 0.25) is 0 Å². The molecule has 1 aliphatic rings. The number of aliphatic hydroxyl groups excluding tert-OH is 1. The van der Waals surface area contributed by atoms with Crippen LogP contribution >= 0.6 is 0 Å². The highest BCUT2D eigenvalue weighted by molar-refractivity contribution is 5.85. The summed E-state index contributed by atoms with van der Waals surface area (Å²) in [6, 6.07) is 14.1. The Morgan fingerprint density at radius 1 is 1.16 bits per heavy atom. The Balaban J connectivity index is 1.56. The Morgan fingerprint density at radius 3 is 2.68 bits per heavy atom. The van der Waals surface area contributed by atoms with Gasteiger partial charge in [-0.2, -0.15) is 5.26 Å². The number of rotatable bonds is 6. The van der Waals surface area contributed by atoms with Crippen molar-refractivity contribution >= 4 is 17.0 Å². The third-order valence-corrected chi connectivity index (χ3v) is 5.83. The minimum absolute atomic E-state index is 0.191. The second-order valence-electron chi connectivity index (χ2n) is 8.00. The summed E-state index contributed by atoms with van der Waals surface area (Å²) in [5.74, 6) is 1.07. The Hall–Kier alpha value is -3.36. The van der Waals surface area contributed by atoms with E-state index in [-0.39, 0.29) is 5.43 Å². The summed E-state index contributed by atoms with van der Waals surface area (Å²) in [7, 11) is 0. The van der Waals surface area contributed by atoms with Gasteiger partial charge in [-0.1, -0.05) is 43.5 Å². The van der Waals surface area contributed by atoms with Crippen molar-refractivity contribution in [3.63, 3.8) is 0 Å². The first kappa shape index (κ1) is 20.9. The molecular formula is C26H25NO4. The molecule has 0 saturated heterocycles. The van der Waals surface area contributed by atoms with Gasteiger partial charge in [0, 0.05) is 0 Å². The Labute approximate surface area is 181 Å². The van der Waals surface area contributed by atoms with E-state index in [2.05, 4.69) is 0 Å². The van der Waals surface area contributed by atoms with Crippen molar-refractivity contribution in [1.82, 2.24) is 0 Å². The minimum atomic E-state index is -0.902. The molecule has 1 N–H and O–H groups in total. The largest absolute Gasteiger partial charge is 0.492 e. The highest BCUT2D eigenvalue weighted by Crippen LogP contribution is 2.28. The van der Waals surface area contributed by atoms with Crippen molar-refractivity contribution in [1.29, 1.82) is 5.26 Å². The van der Waals surface area contributed by atoms with Gasteiger partial charge in [-0.25, -0.2) is 0 Å². The number of hydrogen-bond acceptors (Lipinski definition) is 5. The molecule has 0 amide bonds. The highest BCUT2D eigenvalue weighted by atomic mass is 16.5. The van der Waals surface area contributed by atoms with E-state index in [9.17, 15) is 9.90 Å². The zero-order chi connectivity index (χ0) is 21.6. The first-order valence-corrected chi connectivity index (χ1v) is 10.7. The van der Waals surface area contributed by atoms with Crippen molar-refractivity contribution in [3.8, 4) is 11.8 Å². The minimum Gasteiger partial charge on any atom is -0.492 e. The van der Waals surface area contributed by atoms with Crippen LogP contribution in [0.15, 0.2) is 64.0 Å². The lowest BCUT2D eigenvalue weighted by Gasteiger charge is -2.21. The SMILES string of the molecule is N#Cc1ccc(C(O)/C=C/c2coc3cccc(OCC4CCCCC4)c3c2=O)cc1. The molecule has 4 rings (SSSR count). The Morgan fingerprint density at radius 2 is 1.94 bits per heavy atom. The van der Waals surface area contributed by atoms with Crippen LogP contribution in [-0.2, 0) is 0 Å². The standard InChI is InChI=1S/C26H25NO4/c27-15-18-9-11-20(12-10-18)22(28)14-13-21-17-31-24-8-4-7-23(25(24)26(21)29)30-16-19-5-2-1-3-6-19/h4,7-14,17,19,22,28H,1-3,5-6,16H2/b14-13+. The maximum absolute atomic E-state index is 13.1. The van der Waals surface area contributed by atoms with Crippen molar-refractivity contribution < 1.29 is 14.3 Å². The van der Waals surface area contributed by atoms with Crippen LogP contribution < -0.4 is 10.2 Å². The van der Waals surface area contributed by atoms with Crippen LogP contribution in [0.4, 0.5) is 0 Å². The topological polar surface area (TPSA) is 83.5 Å². The quantitative estimate of drug-likeness (QED) is 0.585. The zero-order valence-electron chi connectivity index (χ0n) is 17.3. The van der Waals surface area contributed by atoms with Crippen LogP contribution in [0.25, 0.3) is 17.0 Å². The maximum atomic E-state index is 13.1. The van der Waals surface area contributed by atoms with Crippen molar-refractivity contribution in [2.75, 3.05) is 6.61 Å². The van der Waals surface area contributed by atoms with Gasteiger partial charge in [0.2, 0.25) is 5.43 Å². The predicted octanol–water partition coefficient (Wildman–Crippen LogP) is 5.37. The average Bonchev–Trinajstić information content (AvgIpc) is 2.82. The van der Waals surface area contributed by atoms with Crippen LogP contribution in [0, 0.1) is 17.2 Å². The molecule has 31 heavy (non-hydrogen) atoms. The summed E-state index contributed by atoms with van der Waals surface area (Å²) in [5.41, 5.74) is 1.79. The molecule has 1 heterocycles. The monoisotopic (exact) mass is 415 g/mol. The van der Waals surface area contributed by atoms with Crippen LogP contribution in [0.1, 0.15) is 54.9 Å². The molecule has 5 heteroatoms. The van der Waals surface area contributed by atoms with E-state index in [1.807, 2.05) is 12.1 Å². The molecule has 2 aromatic carbocycles. The van der Waals surface area contributed by atoms with E-state index < -0.39 is 6.10 Å². The van der Waals surface area contributed by atoms with E-state index in [0.717, 1.165) is 0 Å². The molecule has 1 aliphatic carbocycles. The lowest BCUT2D eigenvalue weighted by Crippen LogP contribution is -2.16. The molecule has 5 nitrogen and oxygen atoms in total. The third kappa shape index (κ3) is 4.87. The van der Waals surface area contributed by atoms with Crippen molar-refractivity contribution in [2.24, 2.45) is 5.92 Å². The summed E-state index contributed by atoms with van der Waals surface area (Å²) in [5, 5.41) is 19.7. The normalized spacial score (nSPS) is 15.7. The lowest BCUT2D eigenvalue weighted by molar-refractivity contribution is 0.210. The predicted molar refractivity (Wildman–Crippen MR) is 120 cm³/mol. The summed E-state index contributed by atoms with van der Waals surface area (Å²) in [4.78, 5) is 13.1. The van der Waals surface area contributed by atoms with Crippen LogP contribution in [0.5, 0.6) is 5.75 Å². The molecule has 0 spiro atoms. The molecule has 1 saturated carbocycles. The fourth-order valence-electron chi connectivity index (χ4n) is 4.02. The fourth-order valence-corrected chi connectivity index (χ4v) is 4.02. The number of hydrogen-bond donors (Lipinski definition) is 1. The van der Waals surface area contributed by atoms with Crippen LogP contribution in [-0.4, -0.2) is 11.7 Å². The summed E-state index contributed by atoms with van der Waals surface area (Å²) < 4.78 is 11.7. The smallest absolute Gasteiger partial charge is 0.203 e. The van der Waals surface area contributed by atoms with Gasteiger partial charge in [0.25, 0.3) is 0 Å². The van der Waals surface area contributed by atoms with E-state index in [1.54, 1.807) is 42.5 Å². The second kappa shape index (κ2) is 9.63. The van der Waals surface area contributed by atoms with Gasteiger partial charge < -0.3 is 14.3 Å². The van der Waals surface area contributed by atoms with Gasteiger partial charge >= 0.3 is 0 Å². The fraction of sp³-hybridized carbons (Fsp3) is 0.308. The molecule has 158 valence electrons. The molecule has 1 aromatic heterocycles. The molecule has 1 unspecified atom stereocenters. The molecule has 1 fully saturated rings. The molecule has 0 aliphatic heterocycles. The highest BCUT2D eigenvalue weighted by Gasteiger charge is 2.16. The van der Waals surface area contributed by atoms with Gasteiger partial charge in [-0.05, 0) is 54.7 Å². The van der Waals surface area contributed by atoms with Gasteiger partial charge in [0.15, 0.2) is 0 Å².